The zero-order chi connectivity index (χ0) is 14.1. The normalized spacial score (nSPS) is 5.37. The van der Waals surface area contributed by atoms with Crippen LogP contribution in [-0.2, 0) is 0 Å². The quantitative estimate of drug-likeness (QED) is 0.286. The Balaban J connectivity index is -0.0000000192. The molecule has 0 saturated carbocycles. The summed E-state index contributed by atoms with van der Waals surface area (Å²) >= 11 is 0. The van der Waals surface area contributed by atoms with E-state index in [9.17, 15) is 0 Å². The molecule has 0 spiro atoms. The standard InChI is InChI=1S/C2H6O2.Eu.3NO3.H3N.H2O/c3-1-2-4;;3*2-1(3)4;;/h3-4H,1-2H2;;;;;1H3;1H2/q;+3;3*-1;;. The first-order valence-electron chi connectivity index (χ1n) is 2.78. The Morgan fingerprint density at radius 2 is 0.737 bits per heavy atom. The van der Waals surface area contributed by atoms with Crippen molar-refractivity contribution in [2.45, 2.75) is 0 Å². The predicted octanol–water partition coefficient (Wildman–Crippen LogP) is -2.41. The van der Waals surface area contributed by atoms with Crippen molar-refractivity contribution in [2.24, 2.45) is 0 Å². The van der Waals surface area contributed by atoms with Gasteiger partial charge in [0.25, 0.3) is 0 Å². The van der Waals surface area contributed by atoms with Crippen molar-refractivity contribution in [1.82, 2.24) is 6.15 Å². The summed E-state index contributed by atoms with van der Waals surface area (Å²) in [5, 5.41) is 59.5. The Morgan fingerprint density at radius 1 is 0.684 bits per heavy atom. The van der Waals surface area contributed by atoms with Crippen LogP contribution < -0.4 is 6.15 Å². The van der Waals surface area contributed by atoms with Gasteiger partial charge in [0.15, 0.2) is 0 Å². The van der Waals surface area contributed by atoms with Crippen molar-refractivity contribution >= 4 is 0 Å². The van der Waals surface area contributed by atoms with Crippen LogP contribution in [0.25, 0.3) is 0 Å². The Hall–Kier alpha value is -0.976. The third kappa shape index (κ3) is 6450000. The Bertz CT molecular complexity index is 146. The molecular formula is C2H11EuN4O12. The van der Waals surface area contributed by atoms with Gasteiger partial charge in [-0.25, -0.2) is 0 Å². The van der Waals surface area contributed by atoms with E-state index in [0.717, 1.165) is 0 Å². The Morgan fingerprint density at radius 3 is 0.737 bits per heavy atom. The van der Waals surface area contributed by atoms with Gasteiger partial charge in [0.2, 0.25) is 0 Å². The number of aliphatic hydroxyl groups excluding tert-OH is 2. The van der Waals surface area contributed by atoms with E-state index in [4.69, 9.17) is 56.2 Å². The van der Waals surface area contributed by atoms with Crippen LogP contribution in [0.1, 0.15) is 0 Å². The van der Waals surface area contributed by atoms with Crippen molar-refractivity contribution < 1.29 is 80.3 Å². The summed E-state index contributed by atoms with van der Waals surface area (Å²) in [6, 6.07) is 0. The molecule has 0 radical (unpaired) electrons. The molecule has 17 heteroatoms. The van der Waals surface area contributed by atoms with E-state index in [1.807, 2.05) is 0 Å². The van der Waals surface area contributed by atoms with Crippen molar-refractivity contribution in [2.75, 3.05) is 13.2 Å². The maximum absolute atomic E-state index is 8.25. The molecule has 0 fully saturated rings. The molecule has 0 amide bonds. The van der Waals surface area contributed by atoms with Crippen LogP contribution >= 0.6 is 0 Å². The molecular weight excluding hydrogens is 424 g/mol. The SMILES string of the molecule is N.O.O=[N+]([O-])[O-].O=[N+]([O-])[O-].O=[N+]([O-])[O-].OCCO.[Eu+3]. The fraction of sp³-hybridized carbons (Fsp3) is 1.00. The van der Waals surface area contributed by atoms with Gasteiger partial charge in [-0.05, 0) is 0 Å². The topological polar surface area (TPSA) is 306 Å². The molecule has 0 atom stereocenters. The van der Waals surface area contributed by atoms with Gasteiger partial charge in [-0.2, -0.15) is 0 Å². The first kappa shape index (κ1) is 43.0. The minimum atomic E-state index is -1.75. The van der Waals surface area contributed by atoms with Crippen molar-refractivity contribution in [3.05, 3.63) is 46.0 Å². The number of rotatable bonds is 1. The molecule has 0 aliphatic heterocycles. The number of aliphatic hydroxyl groups is 2. The largest absolute Gasteiger partial charge is 3.00 e. The number of hydrogen-bond acceptors (Lipinski definition) is 12. The van der Waals surface area contributed by atoms with Gasteiger partial charge in [0.1, 0.15) is 0 Å². The van der Waals surface area contributed by atoms with E-state index in [1.54, 1.807) is 0 Å². The molecule has 0 heterocycles. The van der Waals surface area contributed by atoms with Gasteiger partial charge in [-0.3, -0.25) is 0 Å². The summed E-state index contributed by atoms with van der Waals surface area (Å²) in [7, 11) is 0. The van der Waals surface area contributed by atoms with Crippen LogP contribution in [0.3, 0.4) is 0 Å². The van der Waals surface area contributed by atoms with Crippen LogP contribution in [0, 0.1) is 95.3 Å². The Labute approximate surface area is 145 Å². The average molecular weight is 435 g/mol. The molecule has 0 rings (SSSR count). The number of hydrogen-bond donors (Lipinski definition) is 3. The van der Waals surface area contributed by atoms with Crippen molar-refractivity contribution in [1.29, 1.82) is 0 Å². The molecule has 0 aliphatic rings. The predicted molar refractivity (Wildman–Crippen MR) is 53.9 cm³/mol. The van der Waals surface area contributed by atoms with Gasteiger partial charge >= 0.3 is 49.4 Å². The van der Waals surface area contributed by atoms with E-state index >= 15 is 0 Å². The van der Waals surface area contributed by atoms with Crippen LogP contribution in [0.4, 0.5) is 0 Å². The second-order valence-corrected chi connectivity index (χ2v) is 1.12. The third-order valence-corrected chi connectivity index (χ3v) is 0.1000. The van der Waals surface area contributed by atoms with Gasteiger partial charge in [0.05, 0.1) is 28.5 Å². The zero-order valence-electron chi connectivity index (χ0n) is 8.91. The minimum absolute atomic E-state index is 0. The first-order valence-corrected chi connectivity index (χ1v) is 2.78. The number of nitrogens with zero attached hydrogens (tertiary/aromatic N) is 3. The molecule has 0 saturated heterocycles. The first-order chi connectivity index (χ1) is 7.11. The van der Waals surface area contributed by atoms with Crippen LogP contribution in [0.5, 0.6) is 0 Å². The maximum atomic E-state index is 8.25. The minimum Gasteiger partial charge on any atom is -0.412 e. The maximum Gasteiger partial charge on any atom is 3.00 e. The molecule has 0 aromatic heterocycles. The van der Waals surface area contributed by atoms with Crippen LogP contribution in [-0.4, -0.2) is 44.2 Å². The van der Waals surface area contributed by atoms with Gasteiger partial charge < -0.3 is 67.8 Å². The van der Waals surface area contributed by atoms with E-state index < -0.39 is 15.3 Å². The van der Waals surface area contributed by atoms with E-state index in [-0.39, 0.29) is 74.2 Å². The second kappa shape index (κ2) is 43.5. The second-order valence-electron chi connectivity index (χ2n) is 1.12. The molecule has 19 heavy (non-hydrogen) atoms. The van der Waals surface area contributed by atoms with E-state index in [1.165, 1.54) is 0 Å². The van der Waals surface area contributed by atoms with Gasteiger partial charge in [-0.1, -0.05) is 0 Å². The van der Waals surface area contributed by atoms with Crippen molar-refractivity contribution in [3.63, 3.8) is 0 Å². The molecule has 0 unspecified atom stereocenters. The Kier molecular flexibility index (Phi) is 98.4. The van der Waals surface area contributed by atoms with Crippen LogP contribution in [0.15, 0.2) is 0 Å². The summed E-state index contributed by atoms with van der Waals surface area (Å²) in [5.41, 5.74) is 0. The monoisotopic (exact) mass is 436 g/mol. The molecule has 0 aliphatic carbocycles. The molecule has 0 aromatic carbocycles. The van der Waals surface area contributed by atoms with Crippen LogP contribution in [0.2, 0.25) is 0 Å². The fourth-order valence-electron chi connectivity index (χ4n) is 0. The van der Waals surface area contributed by atoms with E-state index in [0.29, 0.717) is 0 Å². The van der Waals surface area contributed by atoms with E-state index in [2.05, 4.69) is 0 Å². The third-order valence-electron chi connectivity index (χ3n) is 0.1000. The molecule has 16 nitrogen and oxygen atoms in total. The summed E-state index contributed by atoms with van der Waals surface area (Å²) in [6.07, 6.45) is 0. The average Bonchev–Trinajstić information content (AvgIpc) is 2.00. The van der Waals surface area contributed by atoms with Gasteiger partial charge in [0, 0.05) is 0 Å². The molecule has 0 bridgehead atoms. The van der Waals surface area contributed by atoms with Gasteiger partial charge in [-0.15, -0.1) is 0 Å². The summed E-state index contributed by atoms with van der Waals surface area (Å²) in [4.78, 5) is 24.8. The summed E-state index contributed by atoms with van der Waals surface area (Å²) in [5.74, 6) is 0. The summed E-state index contributed by atoms with van der Waals surface area (Å²) in [6.45, 7) is -0.250. The smallest absolute Gasteiger partial charge is 0.412 e. The molecule has 118 valence electrons. The molecule has 7 N–H and O–H groups in total. The summed E-state index contributed by atoms with van der Waals surface area (Å²) < 4.78 is 0. The molecule has 0 aromatic rings. The fourth-order valence-corrected chi connectivity index (χ4v) is 0. The van der Waals surface area contributed by atoms with Crippen molar-refractivity contribution in [3.8, 4) is 0 Å². The zero-order valence-corrected chi connectivity index (χ0v) is 11.3.